The number of carbonyl (C=O) groups is 2. The van der Waals surface area contributed by atoms with Crippen molar-refractivity contribution in [2.75, 3.05) is 5.75 Å². The Morgan fingerprint density at radius 3 is 1.86 bits per heavy atom. The smallest absolute Gasteiger partial charge is 0.269 e. The van der Waals surface area contributed by atoms with Gasteiger partial charge in [-0.3, -0.25) is 20.4 Å². The number of aryl methyl sites for hydroxylation is 1. The molecule has 4 nitrogen and oxygen atoms in total. The van der Waals surface area contributed by atoms with Crippen LogP contribution in [0.5, 0.6) is 0 Å². The van der Waals surface area contributed by atoms with Crippen LogP contribution >= 0.6 is 11.8 Å². The molecule has 3 rings (SSSR count). The van der Waals surface area contributed by atoms with Crippen molar-refractivity contribution in [3.05, 3.63) is 107 Å². The normalized spacial score (nSPS) is 10.5. The molecule has 142 valence electrons. The van der Waals surface area contributed by atoms with Gasteiger partial charge in [0, 0.05) is 5.56 Å². The lowest BCUT2D eigenvalue weighted by Crippen LogP contribution is -2.42. The molecule has 2 amide bonds. The highest BCUT2D eigenvalue weighted by atomic mass is 32.2. The number of hydrazine groups is 1. The number of hydrogen-bond donors (Lipinski definition) is 2. The molecule has 0 saturated heterocycles. The highest BCUT2D eigenvalue weighted by Crippen LogP contribution is 2.35. The van der Waals surface area contributed by atoms with Crippen LogP contribution in [-0.4, -0.2) is 17.6 Å². The van der Waals surface area contributed by atoms with Gasteiger partial charge in [0.15, 0.2) is 0 Å². The number of rotatable bonds is 6. The van der Waals surface area contributed by atoms with E-state index in [1.165, 1.54) is 11.8 Å². The summed E-state index contributed by atoms with van der Waals surface area (Å²) in [5.41, 5.74) is 8.81. The van der Waals surface area contributed by atoms with Crippen LogP contribution in [0, 0.1) is 6.92 Å². The summed E-state index contributed by atoms with van der Waals surface area (Å²) in [6, 6.07) is 27.3. The first kappa shape index (κ1) is 19.7. The largest absolute Gasteiger partial charge is 0.272 e. The van der Waals surface area contributed by atoms with E-state index in [4.69, 9.17) is 0 Å². The van der Waals surface area contributed by atoms with E-state index in [1.807, 2.05) is 55.5 Å². The second kappa shape index (κ2) is 9.76. The Morgan fingerprint density at radius 2 is 1.32 bits per heavy atom. The van der Waals surface area contributed by atoms with Crippen LogP contribution < -0.4 is 10.9 Å². The summed E-state index contributed by atoms with van der Waals surface area (Å²) >= 11 is 1.52. The Labute approximate surface area is 169 Å². The van der Waals surface area contributed by atoms with Crippen molar-refractivity contribution in [3.8, 4) is 0 Å². The van der Waals surface area contributed by atoms with Gasteiger partial charge in [-0.05, 0) is 30.2 Å². The first-order chi connectivity index (χ1) is 13.6. The van der Waals surface area contributed by atoms with Gasteiger partial charge < -0.3 is 0 Å². The van der Waals surface area contributed by atoms with E-state index in [2.05, 4.69) is 35.1 Å². The zero-order valence-corrected chi connectivity index (χ0v) is 16.4. The summed E-state index contributed by atoms with van der Waals surface area (Å²) in [7, 11) is 0. The first-order valence-corrected chi connectivity index (χ1v) is 10.1. The van der Waals surface area contributed by atoms with Crippen molar-refractivity contribution < 1.29 is 9.59 Å². The molecule has 0 aliphatic carbocycles. The zero-order valence-electron chi connectivity index (χ0n) is 15.6. The van der Waals surface area contributed by atoms with Gasteiger partial charge in [0.05, 0.1) is 11.0 Å². The van der Waals surface area contributed by atoms with Crippen LogP contribution in [0.15, 0.2) is 84.9 Å². The third-order valence-electron chi connectivity index (χ3n) is 4.21. The molecule has 5 heteroatoms. The number of nitrogens with one attached hydrogen (secondary N) is 2. The Morgan fingerprint density at radius 1 is 0.786 bits per heavy atom. The van der Waals surface area contributed by atoms with Gasteiger partial charge in [0.1, 0.15) is 0 Å². The maximum atomic E-state index is 12.3. The topological polar surface area (TPSA) is 58.2 Å². The van der Waals surface area contributed by atoms with E-state index < -0.39 is 0 Å². The van der Waals surface area contributed by atoms with Gasteiger partial charge in [-0.15, -0.1) is 11.8 Å². The summed E-state index contributed by atoms with van der Waals surface area (Å²) in [6.07, 6.45) is 0. The van der Waals surface area contributed by atoms with Crippen molar-refractivity contribution >= 4 is 23.6 Å². The molecule has 0 unspecified atom stereocenters. The van der Waals surface area contributed by atoms with Gasteiger partial charge in [-0.25, -0.2) is 0 Å². The molecule has 0 fully saturated rings. The Kier molecular flexibility index (Phi) is 6.87. The van der Waals surface area contributed by atoms with E-state index in [0.717, 1.165) is 16.7 Å². The molecule has 0 bridgehead atoms. The Bertz CT molecular complexity index is 873. The van der Waals surface area contributed by atoms with E-state index in [0.29, 0.717) is 5.56 Å². The molecule has 28 heavy (non-hydrogen) atoms. The number of amides is 2. The maximum Gasteiger partial charge on any atom is 0.269 e. The SMILES string of the molecule is Cc1ccc(C(=O)NNC(=O)CSC(c2ccccc2)c2ccccc2)cc1. The van der Waals surface area contributed by atoms with E-state index in [1.54, 1.807) is 12.1 Å². The summed E-state index contributed by atoms with van der Waals surface area (Å²) in [5, 5.41) is 0.0425. The van der Waals surface area contributed by atoms with E-state index >= 15 is 0 Å². The van der Waals surface area contributed by atoms with Crippen LogP contribution in [0.25, 0.3) is 0 Å². The first-order valence-electron chi connectivity index (χ1n) is 9.01. The van der Waals surface area contributed by atoms with Crippen LogP contribution in [0.1, 0.15) is 32.3 Å². The molecule has 0 heterocycles. The van der Waals surface area contributed by atoms with Gasteiger partial charge in [-0.2, -0.15) is 0 Å². The quantitative estimate of drug-likeness (QED) is 0.618. The molecule has 0 radical (unpaired) electrons. The predicted molar refractivity (Wildman–Crippen MR) is 114 cm³/mol. The molecule has 0 aliphatic rings. The lowest BCUT2D eigenvalue weighted by atomic mass is 10.0. The summed E-state index contributed by atoms with van der Waals surface area (Å²) in [5.74, 6) is -0.355. The third-order valence-corrected chi connectivity index (χ3v) is 5.52. The molecular weight excluding hydrogens is 368 g/mol. The average Bonchev–Trinajstić information content (AvgIpc) is 2.74. The van der Waals surface area contributed by atoms with Gasteiger partial charge >= 0.3 is 0 Å². The van der Waals surface area contributed by atoms with Crippen LogP contribution in [0.3, 0.4) is 0 Å². The minimum Gasteiger partial charge on any atom is -0.272 e. The van der Waals surface area contributed by atoms with Gasteiger partial charge in [0.2, 0.25) is 5.91 Å². The maximum absolute atomic E-state index is 12.3. The van der Waals surface area contributed by atoms with E-state index in [9.17, 15) is 9.59 Å². The van der Waals surface area contributed by atoms with Crippen molar-refractivity contribution in [1.29, 1.82) is 0 Å². The second-order valence-electron chi connectivity index (χ2n) is 6.38. The lowest BCUT2D eigenvalue weighted by molar-refractivity contribution is -0.119. The monoisotopic (exact) mass is 390 g/mol. The average molecular weight is 391 g/mol. The van der Waals surface area contributed by atoms with Crippen LogP contribution in [0.4, 0.5) is 0 Å². The zero-order chi connectivity index (χ0) is 19.8. The van der Waals surface area contributed by atoms with Gasteiger partial charge in [0.25, 0.3) is 5.91 Å². The Hall–Kier alpha value is -3.05. The van der Waals surface area contributed by atoms with Crippen molar-refractivity contribution in [3.63, 3.8) is 0 Å². The van der Waals surface area contributed by atoms with Crippen LogP contribution in [-0.2, 0) is 4.79 Å². The third kappa shape index (κ3) is 5.47. The molecule has 3 aromatic carbocycles. The highest BCUT2D eigenvalue weighted by Gasteiger charge is 2.16. The summed E-state index contributed by atoms with van der Waals surface area (Å²) in [6.45, 7) is 1.95. The number of carbonyl (C=O) groups excluding carboxylic acids is 2. The molecule has 3 aromatic rings. The molecular formula is C23H22N2O2S. The summed E-state index contributed by atoms with van der Waals surface area (Å²) in [4.78, 5) is 24.4. The number of benzene rings is 3. The van der Waals surface area contributed by atoms with Crippen molar-refractivity contribution in [2.45, 2.75) is 12.2 Å². The van der Waals surface area contributed by atoms with Crippen molar-refractivity contribution in [1.82, 2.24) is 10.9 Å². The minimum atomic E-state index is -0.332. The predicted octanol–water partition coefficient (Wildman–Crippen LogP) is 4.28. The fraction of sp³-hybridized carbons (Fsp3) is 0.130. The lowest BCUT2D eigenvalue weighted by Gasteiger charge is -2.17. The number of hydrogen-bond acceptors (Lipinski definition) is 3. The molecule has 0 atom stereocenters. The van der Waals surface area contributed by atoms with E-state index in [-0.39, 0.29) is 22.8 Å². The minimum absolute atomic E-state index is 0.0425. The molecule has 0 spiro atoms. The second-order valence-corrected chi connectivity index (χ2v) is 7.47. The molecule has 0 saturated carbocycles. The van der Waals surface area contributed by atoms with Gasteiger partial charge in [-0.1, -0.05) is 78.4 Å². The Balaban J connectivity index is 1.58. The fourth-order valence-corrected chi connectivity index (χ4v) is 3.83. The van der Waals surface area contributed by atoms with Crippen molar-refractivity contribution in [2.24, 2.45) is 0 Å². The molecule has 0 aliphatic heterocycles. The van der Waals surface area contributed by atoms with Crippen LogP contribution in [0.2, 0.25) is 0 Å². The molecule has 2 N–H and O–H groups in total. The number of thioether (sulfide) groups is 1. The standard InChI is InChI=1S/C23H22N2O2S/c1-17-12-14-20(15-13-17)23(27)25-24-21(26)16-28-22(18-8-4-2-5-9-18)19-10-6-3-7-11-19/h2-15,22H,16H2,1H3,(H,24,26)(H,25,27). The fourth-order valence-electron chi connectivity index (χ4n) is 2.74. The highest BCUT2D eigenvalue weighted by molar-refractivity contribution is 8.00. The molecule has 0 aromatic heterocycles. The summed E-state index contributed by atoms with van der Waals surface area (Å²) < 4.78 is 0.